The lowest BCUT2D eigenvalue weighted by Gasteiger charge is -2.24. The van der Waals surface area contributed by atoms with Crippen LogP contribution in [0.25, 0.3) is 0 Å². The van der Waals surface area contributed by atoms with Crippen LogP contribution in [0.2, 0.25) is 0 Å². The standard InChI is InChI=1S/C53H91NO5/c1-4-7-10-13-16-19-21-23-25-27-28-30-33-35-38-41-44-49(47-52(57)54-50(48-55)51(56)45-42-39-36-32-18-15-12-9-6-3)59-53(58)46-43-40-37-34-31-29-26-24-22-20-17-14-11-8-5-2/h10,13,16-17,19-25,27-28,30,49-51,55-56H,4-9,11-12,14-15,18,26,29,31-48H2,1-3H3,(H,54,57)/b13-10+,19-16+,20-17+,23-21+,24-22+,27-25+,30-28+. The van der Waals surface area contributed by atoms with E-state index in [4.69, 9.17) is 4.74 Å². The molecule has 59 heavy (non-hydrogen) atoms. The molecule has 0 saturated carbocycles. The van der Waals surface area contributed by atoms with Crippen molar-refractivity contribution in [2.24, 2.45) is 0 Å². The van der Waals surface area contributed by atoms with Gasteiger partial charge in [-0.3, -0.25) is 9.59 Å². The maximum atomic E-state index is 13.2. The Morgan fingerprint density at radius 3 is 1.44 bits per heavy atom. The predicted octanol–water partition coefficient (Wildman–Crippen LogP) is 14.4. The average molecular weight is 822 g/mol. The Morgan fingerprint density at radius 2 is 0.898 bits per heavy atom. The molecule has 6 heteroatoms. The Morgan fingerprint density at radius 1 is 0.492 bits per heavy atom. The van der Waals surface area contributed by atoms with Crippen molar-refractivity contribution in [3.05, 3.63) is 85.1 Å². The highest BCUT2D eigenvalue weighted by molar-refractivity contribution is 5.77. The van der Waals surface area contributed by atoms with Crippen LogP contribution in [0.1, 0.15) is 213 Å². The Kier molecular flexibility index (Phi) is 43.8. The first-order chi connectivity index (χ1) is 29.0. The Bertz CT molecular complexity index is 1150. The van der Waals surface area contributed by atoms with E-state index in [0.717, 1.165) is 77.0 Å². The molecule has 0 saturated heterocycles. The van der Waals surface area contributed by atoms with Crippen LogP contribution in [0.4, 0.5) is 0 Å². The number of esters is 1. The van der Waals surface area contributed by atoms with Gasteiger partial charge in [-0.25, -0.2) is 0 Å². The summed E-state index contributed by atoms with van der Waals surface area (Å²) in [6, 6.07) is -0.721. The van der Waals surface area contributed by atoms with E-state index in [1.165, 1.54) is 89.9 Å². The van der Waals surface area contributed by atoms with Gasteiger partial charge in [0.2, 0.25) is 5.91 Å². The molecule has 0 rings (SSSR count). The summed E-state index contributed by atoms with van der Waals surface area (Å²) in [6.45, 7) is 6.32. The number of hydrogen-bond donors (Lipinski definition) is 3. The molecule has 0 bridgehead atoms. The summed E-state index contributed by atoms with van der Waals surface area (Å²) in [4.78, 5) is 26.1. The van der Waals surface area contributed by atoms with Gasteiger partial charge in [-0.1, -0.05) is 215 Å². The number of nitrogens with one attached hydrogen (secondary N) is 1. The monoisotopic (exact) mass is 822 g/mol. The summed E-state index contributed by atoms with van der Waals surface area (Å²) in [5.41, 5.74) is 0. The number of aliphatic hydroxyl groups excluding tert-OH is 2. The molecule has 0 fully saturated rings. The first-order valence-electron chi connectivity index (χ1n) is 24.4. The molecule has 0 aromatic heterocycles. The number of unbranched alkanes of at least 4 members (excludes halogenated alkanes) is 21. The number of amides is 1. The van der Waals surface area contributed by atoms with E-state index in [2.05, 4.69) is 74.7 Å². The van der Waals surface area contributed by atoms with Crippen LogP contribution in [-0.2, 0) is 14.3 Å². The Hall–Kier alpha value is -2.96. The highest BCUT2D eigenvalue weighted by Gasteiger charge is 2.24. The highest BCUT2D eigenvalue weighted by Crippen LogP contribution is 2.17. The van der Waals surface area contributed by atoms with E-state index >= 15 is 0 Å². The minimum atomic E-state index is -0.804. The average Bonchev–Trinajstić information content (AvgIpc) is 3.23. The summed E-state index contributed by atoms with van der Waals surface area (Å²) in [5, 5.41) is 23.6. The van der Waals surface area contributed by atoms with Crippen LogP contribution in [-0.4, -0.2) is 46.9 Å². The number of carbonyl (C=O) groups is 2. The molecule has 3 unspecified atom stereocenters. The summed E-state index contributed by atoms with van der Waals surface area (Å²) in [7, 11) is 0. The lowest BCUT2D eigenvalue weighted by Crippen LogP contribution is -2.46. The molecule has 6 nitrogen and oxygen atoms in total. The van der Waals surface area contributed by atoms with Crippen LogP contribution in [0.3, 0.4) is 0 Å². The van der Waals surface area contributed by atoms with Crippen LogP contribution < -0.4 is 5.32 Å². The van der Waals surface area contributed by atoms with Crippen molar-refractivity contribution in [1.29, 1.82) is 0 Å². The molecule has 0 aliphatic carbocycles. The zero-order chi connectivity index (χ0) is 43.1. The third-order valence-corrected chi connectivity index (χ3v) is 10.6. The maximum Gasteiger partial charge on any atom is 0.306 e. The first-order valence-corrected chi connectivity index (χ1v) is 24.4. The summed E-state index contributed by atoms with van der Waals surface area (Å²) < 4.78 is 5.90. The third-order valence-electron chi connectivity index (χ3n) is 10.6. The van der Waals surface area contributed by atoms with Gasteiger partial charge in [0.05, 0.1) is 25.2 Å². The minimum Gasteiger partial charge on any atom is -0.462 e. The molecule has 0 heterocycles. The number of hydrogen-bond acceptors (Lipinski definition) is 5. The van der Waals surface area contributed by atoms with Crippen LogP contribution in [0, 0.1) is 0 Å². The van der Waals surface area contributed by atoms with Gasteiger partial charge >= 0.3 is 5.97 Å². The van der Waals surface area contributed by atoms with Crippen molar-refractivity contribution in [3.63, 3.8) is 0 Å². The molecule has 0 aliphatic heterocycles. The van der Waals surface area contributed by atoms with Crippen molar-refractivity contribution in [3.8, 4) is 0 Å². The van der Waals surface area contributed by atoms with Gasteiger partial charge < -0.3 is 20.3 Å². The van der Waals surface area contributed by atoms with E-state index in [1.807, 2.05) is 36.5 Å². The quantitative estimate of drug-likeness (QED) is 0.0324. The Labute approximate surface area is 363 Å². The van der Waals surface area contributed by atoms with Crippen molar-refractivity contribution in [1.82, 2.24) is 5.32 Å². The van der Waals surface area contributed by atoms with E-state index < -0.39 is 18.2 Å². The van der Waals surface area contributed by atoms with Crippen LogP contribution in [0.5, 0.6) is 0 Å². The molecule has 0 spiro atoms. The molecule has 0 aliphatic rings. The number of allylic oxidation sites excluding steroid dienone is 14. The zero-order valence-electron chi connectivity index (χ0n) is 38.4. The lowest BCUT2D eigenvalue weighted by molar-refractivity contribution is -0.151. The molecule has 1 amide bonds. The van der Waals surface area contributed by atoms with Gasteiger partial charge in [-0.2, -0.15) is 0 Å². The number of aliphatic hydroxyl groups is 2. The largest absolute Gasteiger partial charge is 0.462 e. The van der Waals surface area contributed by atoms with Crippen LogP contribution in [0.15, 0.2) is 85.1 Å². The van der Waals surface area contributed by atoms with Gasteiger partial charge in [0.1, 0.15) is 6.10 Å². The van der Waals surface area contributed by atoms with Crippen molar-refractivity contribution >= 4 is 11.9 Å². The van der Waals surface area contributed by atoms with Crippen molar-refractivity contribution in [2.75, 3.05) is 6.61 Å². The smallest absolute Gasteiger partial charge is 0.306 e. The van der Waals surface area contributed by atoms with Gasteiger partial charge in [0.25, 0.3) is 0 Å². The second-order valence-corrected chi connectivity index (χ2v) is 16.3. The summed E-state index contributed by atoms with van der Waals surface area (Å²) in [5.74, 6) is -0.537. The van der Waals surface area contributed by atoms with Gasteiger partial charge in [-0.15, -0.1) is 0 Å². The Balaban J connectivity index is 4.74. The van der Waals surface area contributed by atoms with Gasteiger partial charge in [0.15, 0.2) is 0 Å². The van der Waals surface area contributed by atoms with E-state index in [0.29, 0.717) is 19.3 Å². The summed E-state index contributed by atoms with van der Waals surface area (Å²) in [6.07, 6.45) is 59.2. The zero-order valence-corrected chi connectivity index (χ0v) is 38.4. The highest BCUT2D eigenvalue weighted by atomic mass is 16.5. The second-order valence-electron chi connectivity index (χ2n) is 16.3. The minimum absolute atomic E-state index is 0.0402. The van der Waals surface area contributed by atoms with Crippen LogP contribution >= 0.6 is 0 Å². The molecule has 0 aromatic rings. The second kappa shape index (κ2) is 46.1. The van der Waals surface area contributed by atoms with E-state index in [-0.39, 0.29) is 24.9 Å². The molecule has 3 N–H and O–H groups in total. The lowest BCUT2D eigenvalue weighted by atomic mass is 10.0. The SMILES string of the molecule is CCC/C=C/C=C/C=C/C=C/C=C/CCCCCC(CC(=O)NC(CO)C(O)CCCCCCCCCCC)OC(=O)CCCCCCCC/C=C/C=C/CCCCC. The van der Waals surface area contributed by atoms with Crippen molar-refractivity contribution < 1.29 is 24.5 Å². The normalized spacial score (nSPS) is 14.1. The third kappa shape index (κ3) is 41.6. The first kappa shape index (κ1) is 56.0. The molecular formula is C53H91NO5. The fraction of sp³-hybridized carbons (Fsp3) is 0.698. The fourth-order valence-corrected chi connectivity index (χ4v) is 6.86. The molecule has 0 radical (unpaired) electrons. The predicted molar refractivity (Wildman–Crippen MR) is 254 cm³/mol. The molecule has 3 atom stereocenters. The number of rotatable bonds is 42. The molecular weight excluding hydrogens is 731 g/mol. The topological polar surface area (TPSA) is 95.9 Å². The molecule has 0 aromatic carbocycles. The maximum absolute atomic E-state index is 13.2. The van der Waals surface area contributed by atoms with Gasteiger partial charge in [-0.05, 0) is 70.6 Å². The number of carbonyl (C=O) groups excluding carboxylic acids is 2. The van der Waals surface area contributed by atoms with E-state index in [1.54, 1.807) is 0 Å². The fourth-order valence-electron chi connectivity index (χ4n) is 6.86. The van der Waals surface area contributed by atoms with Crippen molar-refractivity contribution in [2.45, 2.75) is 232 Å². The number of ether oxygens (including phenoxy) is 1. The van der Waals surface area contributed by atoms with E-state index in [9.17, 15) is 19.8 Å². The summed E-state index contributed by atoms with van der Waals surface area (Å²) >= 11 is 0. The van der Waals surface area contributed by atoms with Gasteiger partial charge in [0, 0.05) is 6.42 Å². The molecule has 338 valence electrons.